The van der Waals surface area contributed by atoms with Crippen LogP contribution in [-0.2, 0) is 6.54 Å². The number of likely N-dealkylation sites (tertiary alicyclic amines) is 2. The molecule has 1 aromatic heterocycles. The van der Waals surface area contributed by atoms with Crippen molar-refractivity contribution in [2.45, 2.75) is 52.5 Å². The van der Waals surface area contributed by atoms with Crippen molar-refractivity contribution in [2.24, 2.45) is 5.41 Å². The van der Waals surface area contributed by atoms with Gasteiger partial charge in [-0.25, -0.2) is 0 Å². The quantitative estimate of drug-likeness (QED) is 0.778. The van der Waals surface area contributed by atoms with Gasteiger partial charge in [0.1, 0.15) is 4.88 Å². The second-order valence-electron chi connectivity index (χ2n) is 8.87. The number of benzene rings is 1. The summed E-state index contributed by atoms with van der Waals surface area (Å²) in [5, 5.41) is 4.00. The van der Waals surface area contributed by atoms with E-state index in [9.17, 15) is 4.79 Å². The van der Waals surface area contributed by atoms with Crippen molar-refractivity contribution in [1.29, 1.82) is 0 Å². The molecule has 2 fully saturated rings. The maximum atomic E-state index is 12.9. The summed E-state index contributed by atoms with van der Waals surface area (Å²) in [5.41, 5.74) is 3.79. The van der Waals surface area contributed by atoms with Crippen molar-refractivity contribution < 1.29 is 4.79 Å². The zero-order chi connectivity index (χ0) is 19.7. The Morgan fingerprint density at radius 2 is 1.96 bits per heavy atom. The van der Waals surface area contributed by atoms with Gasteiger partial charge >= 0.3 is 0 Å². The summed E-state index contributed by atoms with van der Waals surface area (Å²) in [4.78, 5) is 18.2. The Bertz CT molecular complexity index is 831. The molecule has 28 heavy (non-hydrogen) atoms. The molecule has 2 aliphatic heterocycles. The highest BCUT2D eigenvalue weighted by atomic mass is 32.1. The van der Waals surface area contributed by atoms with E-state index in [0.717, 1.165) is 44.8 Å². The van der Waals surface area contributed by atoms with Crippen LogP contribution in [0.15, 0.2) is 24.3 Å². The van der Waals surface area contributed by atoms with E-state index in [4.69, 9.17) is 0 Å². The van der Waals surface area contributed by atoms with Crippen LogP contribution >= 0.6 is 11.5 Å². The number of carbonyl (C=O) groups is 1. The van der Waals surface area contributed by atoms with Crippen LogP contribution in [0.25, 0.3) is 0 Å². The molecule has 0 radical (unpaired) electrons. The average Bonchev–Trinajstić information content (AvgIpc) is 3.28. The Morgan fingerprint density at radius 1 is 1.18 bits per heavy atom. The average molecular weight is 399 g/mol. The lowest BCUT2D eigenvalue weighted by Crippen LogP contribution is -2.45. The Morgan fingerprint density at radius 3 is 2.64 bits per heavy atom. The van der Waals surface area contributed by atoms with Gasteiger partial charge in [-0.2, -0.15) is 0 Å². The summed E-state index contributed by atoms with van der Waals surface area (Å²) in [5.74, 6) is 0.692. The van der Waals surface area contributed by atoms with Crippen LogP contribution < -0.4 is 0 Å². The number of rotatable bonds is 4. The van der Waals surface area contributed by atoms with Crippen molar-refractivity contribution in [3.63, 3.8) is 0 Å². The Balaban J connectivity index is 1.39. The van der Waals surface area contributed by atoms with Gasteiger partial charge in [-0.3, -0.25) is 9.69 Å². The predicted molar refractivity (Wildman–Crippen MR) is 113 cm³/mol. The second kappa shape index (κ2) is 7.91. The molecule has 1 atom stereocenters. The first kappa shape index (κ1) is 19.5. The molecule has 6 heteroatoms. The molecule has 0 N–H and O–H groups in total. The minimum Gasteiger partial charge on any atom is -0.337 e. The molecule has 3 heterocycles. The number of hydrogen-bond acceptors (Lipinski definition) is 5. The Hall–Kier alpha value is -1.79. The van der Waals surface area contributed by atoms with E-state index < -0.39 is 0 Å². The number of aryl methyl sites for hydroxylation is 1. The van der Waals surface area contributed by atoms with E-state index >= 15 is 0 Å². The summed E-state index contributed by atoms with van der Waals surface area (Å²) < 4.78 is 3.93. The van der Waals surface area contributed by atoms with E-state index in [1.165, 1.54) is 35.5 Å². The smallest absolute Gasteiger partial charge is 0.267 e. The van der Waals surface area contributed by atoms with E-state index in [-0.39, 0.29) is 11.3 Å². The minimum absolute atomic E-state index is 0.116. The lowest BCUT2D eigenvalue weighted by atomic mass is 9.79. The van der Waals surface area contributed by atoms with E-state index in [0.29, 0.717) is 10.8 Å². The van der Waals surface area contributed by atoms with Gasteiger partial charge in [0.05, 0.1) is 5.69 Å². The fourth-order valence-corrected chi connectivity index (χ4v) is 5.35. The van der Waals surface area contributed by atoms with Crippen LogP contribution in [0.2, 0.25) is 0 Å². The first-order valence-electron chi connectivity index (χ1n) is 10.4. The molecule has 2 saturated heterocycles. The molecule has 1 spiro atoms. The fourth-order valence-electron chi connectivity index (χ4n) is 4.72. The van der Waals surface area contributed by atoms with Crippen molar-refractivity contribution in [3.8, 4) is 0 Å². The zero-order valence-corrected chi connectivity index (χ0v) is 18.0. The van der Waals surface area contributed by atoms with Crippen molar-refractivity contribution in [3.05, 3.63) is 46.0 Å². The van der Waals surface area contributed by atoms with Gasteiger partial charge in [0.15, 0.2) is 0 Å². The molecule has 1 amide bonds. The predicted octanol–water partition coefficient (Wildman–Crippen LogP) is 4.10. The molecule has 150 valence electrons. The molecule has 0 unspecified atom stereocenters. The van der Waals surface area contributed by atoms with Gasteiger partial charge in [0, 0.05) is 31.6 Å². The Labute approximate surface area is 171 Å². The highest BCUT2D eigenvalue weighted by Gasteiger charge is 2.43. The molecule has 2 aromatic rings. The zero-order valence-electron chi connectivity index (χ0n) is 17.1. The molecule has 0 saturated carbocycles. The Kier molecular flexibility index (Phi) is 5.52. The van der Waals surface area contributed by atoms with Gasteiger partial charge in [-0.1, -0.05) is 42.6 Å². The number of carbonyl (C=O) groups excluding carboxylic acids is 1. The normalized spacial score (nSPS) is 23.1. The largest absolute Gasteiger partial charge is 0.337 e. The summed E-state index contributed by atoms with van der Waals surface area (Å²) >= 11 is 1.22. The molecule has 1 aromatic carbocycles. The van der Waals surface area contributed by atoms with Gasteiger partial charge < -0.3 is 4.90 Å². The maximum absolute atomic E-state index is 12.9. The van der Waals surface area contributed by atoms with E-state index in [2.05, 4.69) is 52.6 Å². The first-order valence-corrected chi connectivity index (χ1v) is 11.1. The lowest BCUT2D eigenvalue weighted by Gasteiger charge is -2.40. The third-order valence-electron chi connectivity index (χ3n) is 6.36. The molecule has 5 nitrogen and oxygen atoms in total. The van der Waals surface area contributed by atoms with Crippen LogP contribution in [-0.4, -0.2) is 51.5 Å². The van der Waals surface area contributed by atoms with Crippen LogP contribution in [0.3, 0.4) is 0 Å². The summed E-state index contributed by atoms with van der Waals surface area (Å²) in [6, 6.07) is 9.09. The van der Waals surface area contributed by atoms with Gasteiger partial charge in [-0.05, 0) is 61.3 Å². The van der Waals surface area contributed by atoms with E-state index in [1.54, 1.807) is 0 Å². The van der Waals surface area contributed by atoms with Crippen LogP contribution in [0.1, 0.15) is 65.5 Å². The minimum atomic E-state index is 0.116. The van der Waals surface area contributed by atoms with Crippen LogP contribution in [0, 0.1) is 12.3 Å². The molecule has 0 bridgehead atoms. The summed E-state index contributed by atoms with van der Waals surface area (Å²) in [6.07, 6.45) is 3.54. The third kappa shape index (κ3) is 3.98. The third-order valence-corrected chi connectivity index (χ3v) is 7.18. The molecular formula is C22H30N4OS. The van der Waals surface area contributed by atoms with Gasteiger partial charge in [-0.15, -0.1) is 5.10 Å². The topological polar surface area (TPSA) is 49.3 Å². The van der Waals surface area contributed by atoms with Crippen molar-refractivity contribution in [1.82, 2.24) is 19.4 Å². The highest BCUT2D eigenvalue weighted by Crippen LogP contribution is 2.40. The van der Waals surface area contributed by atoms with Crippen LogP contribution in [0.4, 0.5) is 0 Å². The SMILES string of the molecule is Cc1nnsc1C(=O)N1CC[C@]2(CCCN(Cc3ccc(C(C)C)cc3)C2)C1. The second-order valence-corrected chi connectivity index (χ2v) is 9.63. The number of nitrogens with zero attached hydrogens (tertiary/aromatic N) is 4. The molecular weight excluding hydrogens is 368 g/mol. The first-order chi connectivity index (χ1) is 13.5. The maximum Gasteiger partial charge on any atom is 0.267 e. The number of aromatic nitrogens is 2. The molecule has 4 rings (SSSR count). The summed E-state index contributed by atoms with van der Waals surface area (Å²) in [7, 11) is 0. The fraction of sp³-hybridized carbons (Fsp3) is 0.591. The highest BCUT2D eigenvalue weighted by molar-refractivity contribution is 7.07. The monoisotopic (exact) mass is 398 g/mol. The number of piperidine rings is 1. The standard InChI is InChI=1S/C22H30N4OS/c1-16(2)19-7-5-18(6-8-19)13-25-11-4-9-22(14-25)10-12-26(15-22)21(27)20-17(3)23-24-28-20/h5-8,16H,4,9-15H2,1-3H3/t22-/m0/s1. The number of amides is 1. The summed E-state index contributed by atoms with van der Waals surface area (Å²) in [6.45, 7) is 11.3. The van der Waals surface area contributed by atoms with Crippen molar-refractivity contribution in [2.75, 3.05) is 26.2 Å². The molecule has 0 aliphatic carbocycles. The lowest BCUT2D eigenvalue weighted by molar-refractivity contribution is 0.0678. The van der Waals surface area contributed by atoms with Gasteiger partial charge in [0.25, 0.3) is 5.91 Å². The van der Waals surface area contributed by atoms with Crippen LogP contribution in [0.5, 0.6) is 0 Å². The van der Waals surface area contributed by atoms with E-state index in [1.807, 2.05) is 11.8 Å². The van der Waals surface area contributed by atoms with Gasteiger partial charge in [0.2, 0.25) is 0 Å². The molecule has 2 aliphatic rings. The number of hydrogen-bond donors (Lipinski definition) is 0. The van der Waals surface area contributed by atoms with Crippen molar-refractivity contribution >= 4 is 17.4 Å².